The highest BCUT2D eigenvalue weighted by molar-refractivity contribution is 6.67. The summed E-state index contributed by atoms with van der Waals surface area (Å²) in [6.45, 7) is 9.47. The summed E-state index contributed by atoms with van der Waals surface area (Å²) in [5.74, 6) is 0. The summed E-state index contributed by atoms with van der Waals surface area (Å²) in [4.78, 5) is 0. The van der Waals surface area contributed by atoms with Crippen LogP contribution in [0.1, 0.15) is 40.0 Å². The summed E-state index contributed by atoms with van der Waals surface area (Å²) in [6, 6.07) is 2.21. The lowest BCUT2D eigenvalue weighted by molar-refractivity contribution is -0.870. The second kappa shape index (κ2) is 9.07. The average Bonchev–Trinajstić information content (AvgIpc) is 2.31. The van der Waals surface area contributed by atoms with Gasteiger partial charge in [0.15, 0.2) is 0 Å². The molecule has 18 heavy (non-hydrogen) atoms. The quantitative estimate of drug-likeness (QED) is 0.425. The van der Waals surface area contributed by atoms with Gasteiger partial charge in [-0.1, -0.05) is 20.8 Å². The standard InChI is InChI=1S/C14H34NO2Si/c1-7-12-16-18(9-3,17-13-8-2)14-10-11-15(4,5)6/h7-14H2,1-6H3/q+1. The maximum atomic E-state index is 6.15. The van der Waals surface area contributed by atoms with Crippen LogP contribution in [-0.2, 0) is 8.85 Å². The van der Waals surface area contributed by atoms with E-state index in [0.29, 0.717) is 0 Å². The first-order chi connectivity index (χ1) is 8.39. The van der Waals surface area contributed by atoms with Crippen LogP contribution in [0.2, 0.25) is 12.1 Å². The average molecular weight is 277 g/mol. The molecule has 0 aliphatic rings. The summed E-state index contributed by atoms with van der Waals surface area (Å²) >= 11 is 0. The molecule has 0 N–H and O–H groups in total. The molecule has 0 aliphatic heterocycles. The van der Waals surface area contributed by atoms with Crippen LogP contribution >= 0.6 is 0 Å². The molecule has 0 aromatic heterocycles. The van der Waals surface area contributed by atoms with Crippen LogP contribution in [0.5, 0.6) is 0 Å². The van der Waals surface area contributed by atoms with Crippen molar-refractivity contribution in [2.75, 3.05) is 40.9 Å². The highest BCUT2D eigenvalue weighted by Gasteiger charge is 2.35. The van der Waals surface area contributed by atoms with Crippen LogP contribution in [0.4, 0.5) is 0 Å². The summed E-state index contributed by atoms with van der Waals surface area (Å²) in [5.41, 5.74) is 0. The largest absolute Gasteiger partial charge is 0.394 e. The van der Waals surface area contributed by atoms with Crippen LogP contribution < -0.4 is 0 Å². The van der Waals surface area contributed by atoms with Gasteiger partial charge >= 0.3 is 8.56 Å². The molecule has 0 bridgehead atoms. The smallest absolute Gasteiger partial charge is 0.338 e. The zero-order valence-corrected chi connectivity index (χ0v) is 14.4. The third kappa shape index (κ3) is 8.24. The van der Waals surface area contributed by atoms with Gasteiger partial charge in [-0.05, 0) is 31.4 Å². The van der Waals surface area contributed by atoms with Gasteiger partial charge in [-0.2, -0.15) is 0 Å². The van der Waals surface area contributed by atoms with Crippen LogP contribution in [0.25, 0.3) is 0 Å². The van der Waals surface area contributed by atoms with Crippen molar-refractivity contribution in [3.63, 3.8) is 0 Å². The Hall–Kier alpha value is 0.0969. The van der Waals surface area contributed by atoms with E-state index >= 15 is 0 Å². The van der Waals surface area contributed by atoms with Crippen LogP contribution in [-0.4, -0.2) is 53.9 Å². The molecule has 3 nitrogen and oxygen atoms in total. The minimum Gasteiger partial charge on any atom is -0.394 e. The zero-order valence-electron chi connectivity index (χ0n) is 13.4. The lowest BCUT2D eigenvalue weighted by Crippen LogP contribution is -2.44. The Morgan fingerprint density at radius 3 is 1.72 bits per heavy atom. The van der Waals surface area contributed by atoms with E-state index in [0.717, 1.165) is 42.6 Å². The molecule has 0 rings (SSSR count). The number of hydrogen-bond donors (Lipinski definition) is 0. The van der Waals surface area contributed by atoms with Gasteiger partial charge in [0.25, 0.3) is 0 Å². The summed E-state index contributed by atoms with van der Waals surface area (Å²) < 4.78 is 13.3. The van der Waals surface area contributed by atoms with Crippen molar-refractivity contribution < 1.29 is 13.3 Å². The maximum Gasteiger partial charge on any atom is 0.338 e. The van der Waals surface area contributed by atoms with Gasteiger partial charge in [0.1, 0.15) is 0 Å². The van der Waals surface area contributed by atoms with Gasteiger partial charge in [-0.25, -0.2) is 0 Å². The van der Waals surface area contributed by atoms with E-state index in [9.17, 15) is 0 Å². The topological polar surface area (TPSA) is 18.5 Å². The van der Waals surface area contributed by atoms with Gasteiger partial charge in [0, 0.05) is 13.2 Å². The predicted molar refractivity (Wildman–Crippen MR) is 81.0 cm³/mol. The fraction of sp³-hybridized carbons (Fsp3) is 1.00. The molecule has 0 aliphatic carbocycles. The first kappa shape index (κ1) is 18.1. The minimum absolute atomic E-state index is 0.855. The van der Waals surface area contributed by atoms with Crippen molar-refractivity contribution in [3.05, 3.63) is 0 Å². The molecule has 0 spiro atoms. The molecule has 110 valence electrons. The van der Waals surface area contributed by atoms with Crippen molar-refractivity contribution in [1.82, 2.24) is 0 Å². The summed E-state index contributed by atoms with van der Waals surface area (Å²) in [5, 5.41) is 0. The van der Waals surface area contributed by atoms with E-state index in [-0.39, 0.29) is 0 Å². The Kier molecular flexibility index (Phi) is 9.12. The molecular weight excluding hydrogens is 242 g/mol. The van der Waals surface area contributed by atoms with Gasteiger partial charge in [-0.3, -0.25) is 0 Å². The van der Waals surface area contributed by atoms with Crippen molar-refractivity contribution in [1.29, 1.82) is 0 Å². The monoisotopic (exact) mass is 276 g/mol. The van der Waals surface area contributed by atoms with E-state index < -0.39 is 8.56 Å². The zero-order chi connectivity index (χ0) is 14.1. The molecule has 0 radical (unpaired) electrons. The predicted octanol–water partition coefficient (Wildman–Crippen LogP) is 3.40. The van der Waals surface area contributed by atoms with Crippen molar-refractivity contribution in [3.8, 4) is 0 Å². The number of nitrogens with zero attached hydrogens (tertiary/aromatic N) is 1. The molecule has 0 amide bonds. The normalized spacial score (nSPS) is 13.0. The van der Waals surface area contributed by atoms with Gasteiger partial charge < -0.3 is 13.3 Å². The molecule has 0 saturated heterocycles. The Bertz CT molecular complexity index is 196. The maximum absolute atomic E-state index is 6.15. The Morgan fingerprint density at radius 1 is 0.889 bits per heavy atom. The number of rotatable bonds is 11. The molecular formula is C14H34NO2Si+. The van der Waals surface area contributed by atoms with Gasteiger partial charge in [0.05, 0.1) is 27.7 Å². The Labute approximate surface area is 115 Å². The van der Waals surface area contributed by atoms with Crippen molar-refractivity contribution in [2.24, 2.45) is 0 Å². The molecule has 0 saturated carbocycles. The van der Waals surface area contributed by atoms with Crippen LogP contribution in [0.3, 0.4) is 0 Å². The Morgan fingerprint density at radius 2 is 1.39 bits per heavy atom. The first-order valence-electron chi connectivity index (χ1n) is 7.47. The number of hydrogen-bond acceptors (Lipinski definition) is 2. The van der Waals surface area contributed by atoms with Crippen LogP contribution in [0.15, 0.2) is 0 Å². The fourth-order valence-corrected chi connectivity index (χ4v) is 4.95. The van der Waals surface area contributed by atoms with E-state index in [1.165, 1.54) is 13.0 Å². The molecule has 0 heterocycles. The minimum atomic E-state index is -1.92. The van der Waals surface area contributed by atoms with Gasteiger partial charge in [-0.15, -0.1) is 0 Å². The summed E-state index contributed by atoms with van der Waals surface area (Å²) in [7, 11) is 4.81. The molecule has 0 unspecified atom stereocenters. The third-order valence-corrected chi connectivity index (χ3v) is 6.72. The highest BCUT2D eigenvalue weighted by atomic mass is 28.4. The van der Waals surface area contributed by atoms with Crippen molar-refractivity contribution >= 4 is 8.56 Å². The second-order valence-electron chi connectivity index (χ2n) is 6.08. The van der Waals surface area contributed by atoms with Gasteiger partial charge in [0.2, 0.25) is 0 Å². The number of quaternary nitrogens is 1. The van der Waals surface area contributed by atoms with E-state index in [1.807, 2.05) is 0 Å². The van der Waals surface area contributed by atoms with Crippen molar-refractivity contribution in [2.45, 2.75) is 52.1 Å². The fourth-order valence-electron chi connectivity index (χ4n) is 1.97. The van der Waals surface area contributed by atoms with E-state index in [4.69, 9.17) is 8.85 Å². The van der Waals surface area contributed by atoms with E-state index in [2.05, 4.69) is 41.9 Å². The Balaban J connectivity index is 4.32. The third-order valence-electron chi connectivity index (χ3n) is 3.06. The second-order valence-corrected chi connectivity index (χ2v) is 9.68. The lowest BCUT2D eigenvalue weighted by Gasteiger charge is -2.31. The summed E-state index contributed by atoms with van der Waals surface area (Å²) in [6.07, 6.45) is 3.37. The molecule has 0 aromatic carbocycles. The van der Waals surface area contributed by atoms with E-state index in [1.54, 1.807) is 0 Å². The highest BCUT2D eigenvalue weighted by Crippen LogP contribution is 2.22. The van der Waals surface area contributed by atoms with Crippen LogP contribution in [0, 0.1) is 0 Å². The SMILES string of the molecule is CCCO[Si](CC)(CCC[N+](C)(C)C)OCCC. The lowest BCUT2D eigenvalue weighted by atomic mass is 10.4. The molecule has 0 fully saturated rings. The molecule has 4 heteroatoms. The first-order valence-corrected chi connectivity index (χ1v) is 9.70. The molecule has 0 aromatic rings. The molecule has 0 atom stereocenters.